The van der Waals surface area contributed by atoms with E-state index in [2.05, 4.69) is 51.1 Å². The molecule has 0 aliphatic rings. The Labute approximate surface area is 141 Å². The van der Waals surface area contributed by atoms with Crippen LogP contribution in [0.2, 0.25) is 0 Å². The van der Waals surface area contributed by atoms with Crippen molar-refractivity contribution in [3.8, 4) is 0 Å². The summed E-state index contributed by atoms with van der Waals surface area (Å²) in [6, 6.07) is 10.5. The summed E-state index contributed by atoms with van der Waals surface area (Å²) in [7, 11) is 0.202. The monoisotopic (exact) mass is 292 g/mol. The van der Waals surface area contributed by atoms with Crippen LogP contribution in [0.25, 0.3) is 0 Å². The molecule has 0 bridgehead atoms. The molecular weight excluding hydrogens is 270 g/mol. The quantitative estimate of drug-likeness (QED) is 0.622. The molecule has 0 saturated carbocycles. The number of carbonyl (C=O) groups excluding carboxylic acids is 1. The first-order valence-corrected chi connectivity index (χ1v) is 7.85. The van der Waals surface area contributed by atoms with E-state index in [9.17, 15) is 4.79 Å². The van der Waals surface area contributed by atoms with E-state index in [0.29, 0.717) is 0 Å². The summed E-state index contributed by atoms with van der Waals surface area (Å²) in [5.74, 6) is 0. The molecule has 0 aliphatic heterocycles. The van der Waals surface area contributed by atoms with Crippen LogP contribution in [0.1, 0.15) is 38.2 Å². The van der Waals surface area contributed by atoms with Gasteiger partial charge in [0.25, 0.3) is 0 Å². The molecule has 0 amide bonds. The third-order valence-electron chi connectivity index (χ3n) is 3.53. The van der Waals surface area contributed by atoms with Gasteiger partial charge in [0.1, 0.15) is 0 Å². The molecule has 0 aliphatic carbocycles. The zero-order chi connectivity index (χ0) is 14.9. The van der Waals surface area contributed by atoms with Crippen molar-refractivity contribution in [1.29, 1.82) is 0 Å². The fourth-order valence-electron chi connectivity index (χ4n) is 2.68. The number of hydrogen-bond donors (Lipinski definition) is 0. The maximum atomic E-state index is 12.6. The molecule has 2 aromatic rings. The Morgan fingerprint density at radius 2 is 1.33 bits per heavy atom. The molecular formula is C18H22LiOP. The molecule has 1 unspecified atom stereocenters. The Morgan fingerprint density at radius 1 is 0.810 bits per heavy atom. The second kappa shape index (κ2) is 7.42. The molecule has 3 heteroatoms. The summed E-state index contributed by atoms with van der Waals surface area (Å²) in [5.41, 5.74) is 6.98. The maximum absolute atomic E-state index is 12.6. The van der Waals surface area contributed by atoms with Gasteiger partial charge >= 0.3 is 18.9 Å². The van der Waals surface area contributed by atoms with Crippen molar-refractivity contribution in [1.82, 2.24) is 0 Å². The first-order chi connectivity index (χ1) is 9.38. The average molecular weight is 292 g/mol. The van der Waals surface area contributed by atoms with E-state index in [-0.39, 0.29) is 33.0 Å². The van der Waals surface area contributed by atoms with Gasteiger partial charge in [-0.2, -0.15) is 0 Å². The van der Waals surface area contributed by atoms with Gasteiger partial charge in [-0.05, 0) is 65.2 Å². The predicted molar refractivity (Wildman–Crippen MR) is 96.0 cm³/mol. The number of rotatable bonds is 3. The van der Waals surface area contributed by atoms with E-state index in [1.165, 1.54) is 16.7 Å². The van der Waals surface area contributed by atoms with Crippen molar-refractivity contribution in [2.45, 2.75) is 34.6 Å². The normalized spacial score (nSPS) is 10.7. The first kappa shape index (κ1) is 18.2. The third kappa shape index (κ3) is 4.30. The fraction of sp³-hybridized carbons (Fsp3) is 0.278. The molecule has 2 rings (SSSR count). The minimum atomic E-state index is 0. The van der Waals surface area contributed by atoms with Crippen LogP contribution in [0.15, 0.2) is 30.3 Å². The summed E-state index contributed by atoms with van der Waals surface area (Å²) in [6.07, 6.45) is 0. The molecule has 1 nitrogen and oxygen atoms in total. The van der Waals surface area contributed by atoms with Crippen LogP contribution in [0.4, 0.5) is 0 Å². The van der Waals surface area contributed by atoms with Gasteiger partial charge in [-0.3, -0.25) is 4.79 Å². The van der Waals surface area contributed by atoms with E-state index in [0.717, 1.165) is 22.0 Å². The Balaban J connectivity index is 0.00000220. The van der Waals surface area contributed by atoms with Crippen molar-refractivity contribution in [2.24, 2.45) is 0 Å². The second-order valence-electron chi connectivity index (χ2n) is 5.55. The van der Waals surface area contributed by atoms with Crippen LogP contribution in [0.5, 0.6) is 0 Å². The van der Waals surface area contributed by atoms with Gasteiger partial charge < -0.3 is 0 Å². The zero-order valence-corrected chi connectivity index (χ0v) is 13.8. The Morgan fingerprint density at radius 3 is 1.86 bits per heavy atom. The summed E-state index contributed by atoms with van der Waals surface area (Å²) in [6.45, 7) is 10.3. The van der Waals surface area contributed by atoms with E-state index < -0.39 is 0 Å². The predicted octanol–water partition coefficient (Wildman–Crippen LogP) is 3.72. The van der Waals surface area contributed by atoms with Crippen molar-refractivity contribution >= 4 is 38.3 Å². The Bertz CT molecular complexity index is 654. The number of benzene rings is 2. The standard InChI is InChI=1S/C18H21OP.Li.H/c1-11-6-7-16(13(3)8-11)20-18(19)17-14(4)9-12(2)10-15(17)5;;/h6-10,20H,1-5H3;;. The summed E-state index contributed by atoms with van der Waals surface area (Å²) in [4.78, 5) is 12.6. The van der Waals surface area contributed by atoms with Crippen LogP contribution in [0.3, 0.4) is 0 Å². The van der Waals surface area contributed by atoms with E-state index in [1.807, 2.05) is 13.8 Å². The number of aryl methyl sites for hydroxylation is 5. The van der Waals surface area contributed by atoms with Crippen LogP contribution in [0, 0.1) is 34.6 Å². The molecule has 106 valence electrons. The number of hydrogen-bond acceptors (Lipinski definition) is 1. The Kier molecular flexibility index (Phi) is 6.42. The molecule has 0 aromatic heterocycles. The molecule has 0 radical (unpaired) electrons. The molecule has 1 atom stereocenters. The molecule has 21 heavy (non-hydrogen) atoms. The van der Waals surface area contributed by atoms with Crippen molar-refractivity contribution in [3.05, 3.63) is 63.7 Å². The first-order valence-electron chi connectivity index (χ1n) is 6.85. The average Bonchev–Trinajstić information content (AvgIpc) is 2.31. The summed E-state index contributed by atoms with van der Waals surface area (Å²) in [5, 5.41) is 1.15. The van der Waals surface area contributed by atoms with Crippen LogP contribution in [-0.4, -0.2) is 24.4 Å². The van der Waals surface area contributed by atoms with Gasteiger partial charge in [0.15, 0.2) is 5.52 Å². The van der Waals surface area contributed by atoms with E-state index >= 15 is 0 Å². The van der Waals surface area contributed by atoms with Gasteiger partial charge in [-0.1, -0.05) is 41.5 Å². The molecule has 0 saturated heterocycles. The van der Waals surface area contributed by atoms with Crippen molar-refractivity contribution in [2.75, 3.05) is 0 Å². The second-order valence-corrected chi connectivity index (χ2v) is 6.79. The van der Waals surface area contributed by atoms with E-state index in [1.54, 1.807) is 0 Å². The van der Waals surface area contributed by atoms with Gasteiger partial charge in [0.2, 0.25) is 0 Å². The fourth-order valence-corrected chi connectivity index (χ4v) is 3.88. The van der Waals surface area contributed by atoms with Gasteiger partial charge in [-0.25, -0.2) is 0 Å². The molecule has 0 fully saturated rings. The number of carbonyl (C=O) groups is 1. The van der Waals surface area contributed by atoms with Crippen molar-refractivity contribution < 1.29 is 4.79 Å². The molecule has 0 heterocycles. The van der Waals surface area contributed by atoms with Crippen LogP contribution < -0.4 is 5.30 Å². The molecule has 0 N–H and O–H groups in total. The van der Waals surface area contributed by atoms with Crippen LogP contribution >= 0.6 is 8.58 Å². The summed E-state index contributed by atoms with van der Waals surface area (Å²) < 4.78 is 0. The third-order valence-corrected chi connectivity index (χ3v) is 4.84. The SMILES string of the molecule is Cc1ccc(PC(=O)c2c(C)cc(C)cc2C)c(C)c1.[LiH]. The van der Waals surface area contributed by atoms with Crippen LogP contribution in [-0.2, 0) is 0 Å². The van der Waals surface area contributed by atoms with Crippen molar-refractivity contribution in [3.63, 3.8) is 0 Å². The molecule has 2 aromatic carbocycles. The minimum absolute atomic E-state index is 0. The zero-order valence-electron chi connectivity index (χ0n) is 12.8. The van der Waals surface area contributed by atoms with Gasteiger partial charge in [0, 0.05) is 5.56 Å². The summed E-state index contributed by atoms with van der Waals surface area (Å²) >= 11 is 0. The van der Waals surface area contributed by atoms with Gasteiger partial charge in [-0.15, -0.1) is 0 Å². The Hall–Kier alpha value is -0.863. The molecule has 0 spiro atoms. The van der Waals surface area contributed by atoms with E-state index in [4.69, 9.17) is 0 Å². The topological polar surface area (TPSA) is 17.1 Å². The van der Waals surface area contributed by atoms with Gasteiger partial charge in [0.05, 0.1) is 0 Å².